The first-order chi connectivity index (χ1) is 10.8. The van der Waals surface area contributed by atoms with E-state index in [0.717, 1.165) is 49.4 Å². The lowest BCUT2D eigenvalue weighted by molar-refractivity contribution is 0.0702. The molecule has 1 atom stereocenters. The van der Waals surface area contributed by atoms with Crippen molar-refractivity contribution in [1.82, 2.24) is 15.1 Å². The van der Waals surface area contributed by atoms with Crippen molar-refractivity contribution in [3.05, 3.63) is 47.3 Å². The monoisotopic (exact) mass is 297 g/mol. The van der Waals surface area contributed by atoms with E-state index in [0.29, 0.717) is 18.1 Å². The van der Waals surface area contributed by atoms with Crippen LogP contribution in [0.2, 0.25) is 0 Å². The number of ether oxygens (including phenoxy) is 1. The summed E-state index contributed by atoms with van der Waals surface area (Å²) in [5.74, 6) is 1.22. The van der Waals surface area contributed by atoms with Crippen molar-refractivity contribution in [3.63, 3.8) is 0 Å². The smallest absolute Gasteiger partial charge is 0.257 e. The van der Waals surface area contributed by atoms with Gasteiger partial charge in [0.2, 0.25) is 0 Å². The summed E-state index contributed by atoms with van der Waals surface area (Å²) in [4.78, 5) is 14.8. The molecule has 5 heteroatoms. The van der Waals surface area contributed by atoms with Gasteiger partial charge in [0.15, 0.2) is 0 Å². The third kappa shape index (κ3) is 2.26. The number of piperidine rings is 1. The summed E-state index contributed by atoms with van der Waals surface area (Å²) < 4.78 is 5.68. The second kappa shape index (κ2) is 5.48. The number of benzene rings is 1. The van der Waals surface area contributed by atoms with Gasteiger partial charge in [0.25, 0.3) is 5.91 Å². The maximum Gasteiger partial charge on any atom is 0.257 e. The molecule has 1 aromatic carbocycles. The van der Waals surface area contributed by atoms with Gasteiger partial charge in [0.1, 0.15) is 5.75 Å². The number of aromatic nitrogens is 2. The molecule has 1 amide bonds. The fourth-order valence-electron chi connectivity index (χ4n) is 3.46. The van der Waals surface area contributed by atoms with Crippen LogP contribution in [0.15, 0.2) is 30.5 Å². The lowest BCUT2D eigenvalue weighted by Gasteiger charge is -2.32. The van der Waals surface area contributed by atoms with Gasteiger partial charge in [-0.15, -0.1) is 0 Å². The highest BCUT2D eigenvalue weighted by Crippen LogP contribution is 2.32. The third-order valence-corrected chi connectivity index (χ3v) is 4.62. The van der Waals surface area contributed by atoms with E-state index < -0.39 is 0 Å². The lowest BCUT2D eigenvalue weighted by Crippen LogP contribution is -2.39. The summed E-state index contributed by atoms with van der Waals surface area (Å²) in [5.41, 5.74) is 2.97. The predicted molar refractivity (Wildman–Crippen MR) is 82.1 cm³/mol. The van der Waals surface area contributed by atoms with Crippen molar-refractivity contribution in [2.24, 2.45) is 0 Å². The van der Waals surface area contributed by atoms with Gasteiger partial charge in [-0.1, -0.05) is 12.1 Å². The van der Waals surface area contributed by atoms with Gasteiger partial charge in [0.05, 0.1) is 12.2 Å². The van der Waals surface area contributed by atoms with E-state index in [4.69, 9.17) is 4.74 Å². The van der Waals surface area contributed by atoms with Crippen LogP contribution >= 0.6 is 0 Å². The zero-order chi connectivity index (χ0) is 14.9. The van der Waals surface area contributed by atoms with Crippen LogP contribution in [0.1, 0.15) is 40.4 Å². The fraction of sp³-hybridized carbons (Fsp3) is 0.412. The quantitative estimate of drug-likeness (QED) is 0.926. The van der Waals surface area contributed by atoms with Gasteiger partial charge in [-0.05, 0) is 30.5 Å². The number of H-pyrrole nitrogens is 1. The maximum absolute atomic E-state index is 12.9. The van der Waals surface area contributed by atoms with E-state index in [1.807, 2.05) is 29.2 Å². The van der Waals surface area contributed by atoms with Gasteiger partial charge in [-0.3, -0.25) is 9.89 Å². The minimum absolute atomic E-state index is 0.0861. The van der Waals surface area contributed by atoms with E-state index in [2.05, 4.69) is 10.2 Å². The van der Waals surface area contributed by atoms with Crippen molar-refractivity contribution in [2.75, 3.05) is 19.7 Å². The summed E-state index contributed by atoms with van der Waals surface area (Å²) in [5, 5.41) is 7.06. The first-order valence-electron chi connectivity index (χ1n) is 7.86. The molecule has 5 nitrogen and oxygen atoms in total. The standard InChI is InChI=1S/C17H19N3O2/c21-17(14-5-1-3-12-7-10-22-16(12)14)20-9-2-4-13(11-20)15-6-8-18-19-15/h1,3,5-6,8,13H,2,4,7,9-11H2,(H,18,19)/t13-/m1/s1. The molecule has 1 aromatic heterocycles. The van der Waals surface area contributed by atoms with Crippen molar-refractivity contribution < 1.29 is 9.53 Å². The molecule has 0 bridgehead atoms. The fourth-order valence-corrected chi connectivity index (χ4v) is 3.46. The number of fused-ring (bicyclic) bond motifs is 1. The van der Waals surface area contributed by atoms with Crippen molar-refractivity contribution >= 4 is 5.91 Å². The maximum atomic E-state index is 12.9. The van der Waals surface area contributed by atoms with Crippen molar-refractivity contribution in [3.8, 4) is 5.75 Å². The molecule has 0 saturated carbocycles. The zero-order valence-corrected chi connectivity index (χ0v) is 12.4. The van der Waals surface area contributed by atoms with Crippen LogP contribution < -0.4 is 4.74 Å². The number of likely N-dealkylation sites (tertiary alicyclic amines) is 1. The molecule has 4 rings (SSSR count). The molecule has 0 spiro atoms. The van der Waals surface area contributed by atoms with Gasteiger partial charge in [-0.25, -0.2) is 0 Å². The minimum Gasteiger partial charge on any atom is -0.492 e. The highest BCUT2D eigenvalue weighted by atomic mass is 16.5. The molecule has 0 aliphatic carbocycles. The highest BCUT2D eigenvalue weighted by Gasteiger charge is 2.29. The summed E-state index contributed by atoms with van der Waals surface area (Å²) in [6.07, 6.45) is 4.78. The van der Waals surface area contributed by atoms with Crippen LogP contribution in [-0.4, -0.2) is 40.7 Å². The van der Waals surface area contributed by atoms with Gasteiger partial charge in [-0.2, -0.15) is 5.10 Å². The van der Waals surface area contributed by atoms with Gasteiger partial charge < -0.3 is 9.64 Å². The van der Waals surface area contributed by atoms with E-state index in [1.165, 1.54) is 0 Å². The number of hydrogen-bond acceptors (Lipinski definition) is 3. The number of rotatable bonds is 2. The average Bonchev–Trinajstić information content (AvgIpc) is 3.25. The Hall–Kier alpha value is -2.30. The predicted octanol–water partition coefficient (Wildman–Crippen LogP) is 2.36. The Balaban J connectivity index is 1.57. The highest BCUT2D eigenvalue weighted by molar-refractivity contribution is 5.97. The normalized spacial score (nSPS) is 20.5. The second-order valence-electron chi connectivity index (χ2n) is 5.99. The molecule has 114 valence electrons. The van der Waals surface area contributed by atoms with Crippen LogP contribution in [0.25, 0.3) is 0 Å². The molecule has 2 aromatic rings. The van der Waals surface area contributed by atoms with Crippen molar-refractivity contribution in [2.45, 2.75) is 25.2 Å². The summed E-state index contributed by atoms with van der Waals surface area (Å²) in [6.45, 7) is 2.23. The van der Waals surface area contributed by atoms with Crippen LogP contribution in [0.5, 0.6) is 5.75 Å². The van der Waals surface area contributed by atoms with E-state index in [9.17, 15) is 4.79 Å². The number of aromatic amines is 1. The Morgan fingerprint density at radius 2 is 2.32 bits per heavy atom. The summed E-state index contributed by atoms with van der Waals surface area (Å²) in [6, 6.07) is 7.88. The Bertz CT molecular complexity index is 681. The van der Waals surface area contributed by atoms with Gasteiger partial charge in [0, 0.05) is 37.3 Å². The number of para-hydroxylation sites is 1. The molecule has 2 aliphatic heterocycles. The number of amides is 1. The van der Waals surface area contributed by atoms with E-state index >= 15 is 0 Å². The van der Waals surface area contributed by atoms with E-state index in [1.54, 1.807) is 6.20 Å². The molecule has 1 N–H and O–H groups in total. The number of carbonyl (C=O) groups is 1. The molecule has 1 fully saturated rings. The number of nitrogens with zero attached hydrogens (tertiary/aromatic N) is 2. The van der Waals surface area contributed by atoms with Crippen LogP contribution in [0, 0.1) is 0 Å². The molecular weight excluding hydrogens is 278 g/mol. The largest absolute Gasteiger partial charge is 0.492 e. The molecular formula is C17H19N3O2. The molecule has 0 unspecified atom stereocenters. The molecule has 3 heterocycles. The Morgan fingerprint density at radius 3 is 3.18 bits per heavy atom. The third-order valence-electron chi connectivity index (χ3n) is 4.62. The van der Waals surface area contributed by atoms with Crippen LogP contribution in [0.3, 0.4) is 0 Å². The summed E-state index contributed by atoms with van der Waals surface area (Å²) >= 11 is 0. The van der Waals surface area contributed by atoms with Crippen LogP contribution in [-0.2, 0) is 6.42 Å². The number of nitrogens with one attached hydrogen (secondary N) is 1. The Labute approximate surface area is 129 Å². The first kappa shape index (κ1) is 13.4. The summed E-state index contributed by atoms with van der Waals surface area (Å²) in [7, 11) is 0. The van der Waals surface area contributed by atoms with Gasteiger partial charge >= 0.3 is 0 Å². The molecule has 0 radical (unpaired) electrons. The molecule has 1 saturated heterocycles. The lowest BCUT2D eigenvalue weighted by atomic mass is 9.94. The van der Waals surface area contributed by atoms with Crippen LogP contribution in [0.4, 0.5) is 0 Å². The topological polar surface area (TPSA) is 58.2 Å². The average molecular weight is 297 g/mol. The molecule has 2 aliphatic rings. The van der Waals surface area contributed by atoms with E-state index in [-0.39, 0.29) is 5.91 Å². The Morgan fingerprint density at radius 1 is 1.36 bits per heavy atom. The number of hydrogen-bond donors (Lipinski definition) is 1. The Kier molecular flexibility index (Phi) is 3.33. The minimum atomic E-state index is 0.0861. The van der Waals surface area contributed by atoms with Crippen molar-refractivity contribution in [1.29, 1.82) is 0 Å². The SMILES string of the molecule is O=C(c1cccc2c1OCC2)N1CCC[C@@H](c2ccn[nH]2)C1. The molecule has 22 heavy (non-hydrogen) atoms. The zero-order valence-electron chi connectivity index (χ0n) is 12.4. The first-order valence-corrected chi connectivity index (χ1v) is 7.86. The number of carbonyl (C=O) groups excluding carboxylic acids is 1. The second-order valence-corrected chi connectivity index (χ2v) is 5.99.